The van der Waals surface area contributed by atoms with Crippen LogP contribution in [0.1, 0.15) is 16.7 Å². The van der Waals surface area contributed by atoms with Gasteiger partial charge in [0, 0.05) is 13.1 Å². The lowest BCUT2D eigenvalue weighted by Crippen LogP contribution is -2.25. The molecule has 4 heteroatoms. The second-order valence-electron chi connectivity index (χ2n) is 5.81. The number of ether oxygens (including phenoxy) is 1. The minimum Gasteiger partial charge on any atom is -0.497 e. The van der Waals surface area contributed by atoms with Crippen molar-refractivity contribution < 1.29 is 9.53 Å². The predicted octanol–water partition coefficient (Wildman–Crippen LogP) is 2.62. The molecule has 1 N–H and O–H groups in total. The lowest BCUT2D eigenvalue weighted by molar-refractivity contribution is -0.120. The minimum atomic E-state index is 0.0120. The summed E-state index contributed by atoms with van der Waals surface area (Å²) >= 11 is 0. The van der Waals surface area contributed by atoms with Crippen molar-refractivity contribution in [1.82, 2.24) is 10.2 Å². The number of benzene rings is 2. The predicted molar refractivity (Wildman–Crippen MR) is 92.4 cm³/mol. The summed E-state index contributed by atoms with van der Waals surface area (Å²) < 4.78 is 5.18. The number of hydrogen-bond donors (Lipinski definition) is 1. The third-order valence-electron chi connectivity index (χ3n) is 3.58. The van der Waals surface area contributed by atoms with E-state index in [1.165, 1.54) is 5.56 Å². The number of carbonyl (C=O) groups is 1. The summed E-state index contributed by atoms with van der Waals surface area (Å²) in [6.07, 6.45) is 0.354. The number of hydrogen-bond acceptors (Lipinski definition) is 3. The first-order valence-electron chi connectivity index (χ1n) is 7.69. The summed E-state index contributed by atoms with van der Waals surface area (Å²) in [7, 11) is 5.71. The van der Waals surface area contributed by atoms with Crippen LogP contribution in [0.4, 0.5) is 0 Å². The van der Waals surface area contributed by atoms with Gasteiger partial charge in [0.2, 0.25) is 5.91 Å². The van der Waals surface area contributed by atoms with Crippen molar-refractivity contribution in [3.05, 3.63) is 65.2 Å². The van der Waals surface area contributed by atoms with Gasteiger partial charge in [-0.15, -0.1) is 0 Å². The molecule has 1 amide bonds. The van der Waals surface area contributed by atoms with Gasteiger partial charge in [0.05, 0.1) is 13.5 Å². The zero-order valence-corrected chi connectivity index (χ0v) is 14.0. The number of amides is 1. The van der Waals surface area contributed by atoms with Crippen molar-refractivity contribution in [3.8, 4) is 5.75 Å². The third-order valence-corrected chi connectivity index (χ3v) is 3.58. The first-order valence-corrected chi connectivity index (χ1v) is 7.69. The standard InChI is InChI=1S/C19H24N2O2/c1-21(2)14-17-9-5-4-8-16(17)13-20-19(22)12-15-7-6-10-18(11-15)23-3/h4-11H,12-14H2,1-3H3,(H,20,22). The zero-order valence-electron chi connectivity index (χ0n) is 14.0. The van der Waals surface area contributed by atoms with Crippen LogP contribution in [-0.4, -0.2) is 32.0 Å². The van der Waals surface area contributed by atoms with Gasteiger partial charge in [0.25, 0.3) is 0 Å². The van der Waals surface area contributed by atoms with Crippen LogP contribution in [0, 0.1) is 0 Å². The van der Waals surface area contributed by atoms with E-state index >= 15 is 0 Å². The molecule has 0 aromatic heterocycles. The fourth-order valence-electron chi connectivity index (χ4n) is 2.45. The smallest absolute Gasteiger partial charge is 0.224 e. The van der Waals surface area contributed by atoms with Crippen LogP contribution in [0.15, 0.2) is 48.5 Å². The highest BCUT2D eigenvalue weighted by atomic mass is 16.5. The van der Waals surface area contributed by atoms with Crippen LogP contribution in [0.5, 0.6) is 5.75 Å². The van der Waals surface area contributed by atoms with Crippen LogP contribution in [0.3, 0.4) is 0 Å². The molecule has 0 atom stereocenters. The van der Waals surface area contributed by atoms with Crippen LogP contribution in [-0.2, 0) is 24.3 Å². The average molecular weight is 312 g/mol. The van der Waals surface area contributed by atoms with Gasteiger partial charge in [-0.3, -0.25) is 4.79 Å². The quantitative estimate of drug-likeness (QED) is 0.854. The first kappa shape index (κ1) is 17.0. The van der Waals surface area contributed by atoms with E-state index in [0.717, 1.165) is 23.4 Å². The second kappa shape index (κ2) is 8.34. The Hall–Kier alpha value is -2.33. The van der Waals surface area contributed by atoms with Crippen LogP contribution in [0.2, 0.25) is 0 Å². The maximum absolute atomic E-state index is 12.2. The number of carbonyl (C=O) groups excluding carboxylic acids is 1. The Morgan fingerprint density at radius 3 is 2.52 bits per heavy atom. The highest BCUT2D eigenvalue weighted by Gasteiger charge is 2.07. The van der Waals surface area contributed by atoms with E-state index in [-0.39, 0.29) is 5.91 Å². The molecule has 2 aromatic carbocycles. The van der Waals surface area contributed by atoms with Crippen LogP contribution < -0.4 is 10.1 Å². The number of rotatable bonds is 7. The molecule has 23 heavy (non-hydrogen) atoms. The molecule has 0 aliphatic carbocycles. The lowest BCUT2D eigenvalue weighted by atomic mass is 10.1. The molecule has 2 rings (SSSR count). The van der Waals surface area contributed by atoms with E-state index < -0.39 is 0 Å². The van der Waals surface area contributed by atoms with Crippen LogP contribution >= 0.6 is 0 Å². The highest BCUT2D eigenvalue weighted by molar-refractivity contribution is 5.78. The van der Waals surface area contributed by atoms with Crippen molar-refractivity contribution >= 4 is 5.91 Å². The molecule has 122 valence electrons. The lowest BCUT2D eigenvalue weighted by Gasteiger charge is -2.14. The molecule has 0 aliphatic rings. The third kappa shape index (κ3) is 5.42. The molecule has 0 unspecified atom stereocenters. The van der Waals surface area contributed by atoms with Crippen molar-refractivity contribution in [2.45, 2.75) is 19.5 Å². The Morgan fingerprint density at radius 2 is 1.83 bits per heavy atom. The fraction of sp³-hybridized carbons (Fsp3) is 0.316. The molecule has 2 aromatic rings. The van der Waals surface area contributed by atoms with E-state index in [2.05, 4.69) is 22.3 Å². The Kier molecular flexibility index (Phi) is 6.18. The molecule has 0 saturated heterocycles. The molecule has 0 spiro atoms. The molecule has 0 fully saturated rings. The van der Waals surface area contributed by atoms with Crippen molar-refractivity contribution in [2.24, 2.45) is 0 Å². The van der Waals surface area contributed by atoms with Gasteiger partial charge in [0.15, 0.2) is 0 Å². The topological polar surface area (TPSA) is 41.6 Å². The molecular formula is C19H24N2O2. The van der Waals surface area contributed by atoms with Gasteiger partial charge in [0.1, 0.15) is 5.75 Å². The fourth-order valence-corrected chi connectivity index (χ4v) is 2.45. The summed E-state index contributed by atoms with van der Waals surface area (Å²) in [4.78, 5) is 14.3. The SMILES string of the molecule is COc1cccc(CC(=O)NCc2ccccc2CN(C)C)c1. The van der Waals surface area contributed by atoms with Crippen molar-refractivity contribution in [1.29, 1.82) is 0 Å². The summed E-state index contributed by atoms with van der Waals surface area (Å²) in [5, 5.41) is 3.00. The van der Waals surface area contributed by atoms with Gasteiger partial charge >= 0.3 is 0 Å². The molecule has 0 radical (unpaired) electrons. The van der Waals surface area contributed by atoms with Gasteiger partial charge in [-0.1, -0.05) is 36.4 Å². The van der Waals surface area contributed by atoms with Gasteiger partial charge < -0.3 is 15.0 Å². The average Bonchev–Trinajstić information content (AvgIpc) is 2.53. The maximum atomic E-state index is 12.2. The maximum Gasteiger partial charge on any atom is 0.224 e. The monoisotopic (exact) mass is 312 g/mol. The minimum absolute atomic E-state index is 0.0120. The molecule has 0 heterocycles. The Bertz CT molecular complexity index is 653. The summed E-state index contributed by atoms with van der Waals surface area (Å²) in [6.45, 7) is 1.41. The molecule has 0 aliphatic heterocycles. The van der Waals surface area contributed by atoms with Gasteiger partial charge in [-0.2, -0.15) is 0 Å². The summed E-state index contributed by atoms with van der Waals surface area (Å²) in [5.74, 6) is 0.782. The van der Waals surface area contributed by atoms with Crippen LogP contribution in [0.25, 0.3) is 0 Å². The number of nitrogens with zero attached hydrogens (tertiary/aromatic N) is 1. The molecule has 0 saturated carbocycles. The molecule has 4 nitrogen and oxygen atoms in total. The summed E-state index contributed by atoms with van der Waals surface area (Å²) in [6, 6.07) is 15.8. The molecule has 0 bridgehead atoms. The number of nitrogens with one attached hydrogen (secondary N) is 1. The van der Waals surface area contributed by atoms with E-state index in [1.54, 1.807) is 7.11 Å². The van der Waals surface area contributed by atoms with Crippen molar-refractivity contribution in [2.75, 3.05) is 21.2 Å². The Labute approximate surface area is 138 Å². The van der Waals surface area contributed by atoms with E-state index in [0.29, 0.717) is 13.0 Å². The number of methoxy groups -OCH3 is 1. The highest BCUT2D eigenvalue weighted by Crippen LogP contribution is 2.13. The zero-order chi connectivity index (χ0) is 16.7. The van der Waals surface area contributed by atoms with E-state index in [1.807, 2.05) is 50.5 Å². The Balaban J connectivity index is 1.94. The van der Waals surface area contributed by atoms with E-state index in [4.69, 9.17) is 4.74 Å². The van der Waals surface area contributed by atoms with Gasteiger partial charge in [-0.05, 0) is 42.9 Å². The second-order valence-corrected chi connectivity index (χ2v) is 5.81. The normalized spacial score (nSPS) is 10.6. The first-order chi connectivity index (χ1) is 11.1. The van der Waals surface area contributed by atoms with Crippen molar-refractivity contribution in [3.63, 3.8) is 0 Å². The Morgan fingerprint density at radius 1 is 1.09 bits per heavy atom. The largest absolute Gasteiger partial charge is 0.497 e. The summed E-state index contributed by atoms with van der Waals surface area (Å²) in [5.41, 5.74) is 3.34. The van der Waals surface area contributed by atoms with Gasteiger partial charge in [-0.25, -0.2) is 0 Å². The molecular weight excluding hydrogens is 288 g/mol. The van der Waals surface area contributed by atoms with E-state index in [9.17, 15) is 4.79 Å².